The molecule has 5 heteroatoms. The molecule has 1 N–H and O–H groups in total. The summed E-state index contributed by atoms with van der Waals surface area (Å²) in [6.45, 7) is 8.50. The Morgan fingerprint density at radius 1 is 1.03 bits per heavy atom. The molecule has 4 aromatic rings. The molecule has 0 aliphatic rings. The number of pyridine rings is 1. The van der Waals surface area contributed by atoms with Crippen LogP contribution >= 0.6 is 0 Å². The number of nitrogens with zero attached hydrogens (tertiary/aromatic N) is 2. The molecular formula is C26H27N3O2. The molecule has 2 heterocycles. The largest absolute Gasteiger partial charge is 0.495 e. The summed E-state index contributed by atoms with van der Waals surface area (Å²) in [7, 11) is 1.59. The number of benzene rings is 2. The highest BCUT2D eigenvalue weighted by Gasteiger charge is 2.16. The molecule has 0 radical (unpaired) electrons. The predicted molar refractivity (Wildman–Crippen MR) is 125 cm³/mol. The van der Waals surface area contributed by atoms with Crippen molar-refractivity contribution in [3.8, 4) is 17.0 Å². The highest BCUT2D eigenvalue weighted by atomic mass is 16.5. The minimum absolute atomic E-state index is 0.0409. The maximum absolute atomic E-state index is 12.9. The van der Waals surface area contributed by atoms with Gasteiger partial charge in [0, 0.05) is 23.5 Å². The topological polar surface area (TPSA) is 55.6 Å². The summed E-state index contributed by atoms with van der Waals surface area (Å²) < 4.78 is 7.46. The van der Waals surface area contributed by atoms with E-state index in [0.717, 1.165) is 22.5 Å². The Bertz CT molecular complexity index is 1250. The molecule has 4 rings (SSSR count). The third kappa shape index (κ3) is 4.31. The highest BCUT2D eigenvalue weighted by molar-refractivity contribution is 6.05. The van der Waals surface area contributed by atoms with Crippen LogP contribution in [0.2, 0.25) is 0 Å². The Kier molecular flexibility index (Phi) is 5.27. The minimum Gasteiger partial charge on any atom is -0.495 e. The summed E-state index contributed by atoms with van der Waals surface area (Å²) in [4.78, 5) is 17.6. The van der Waals surface area contributed by atoms with Crippen molar-refractivity contribution in [2.75, 3.05) is 12.4 Å². The molecule has 0 aliphatic heterocycles. The number of carbonyl (C=O) groups is 1. The van der Waals surface area contributed by atoms with Crippen LogP contribution < -0.4 is 10.1 Å². The Hall–Kier alpha value is -3.60. The third-order valence-corrected chi connectivity index (χ3v) is 5.37. The summed E-state index contributed by atoms with van der Waals surface area (Å²) in [6.07, 6.45) is 3.97. The van der Waals surface area contributed by atoms with Gasteiger partial charge in [-0.25, -0.2) is 4.98 Å². The molecule has 5 nitrogen and oxygen atoms in total. The molecule has 0 bridgehead atoms. The number of aromatic nitrogens is 2. The minimum atomic E-state index is -0.179. The number of anilines is 1. The van der Waals surface area contributed by atoms with E-state index in [4.69, 9.17) is 9.72 Å². The zero-order valence-corrected chi connectivity index (χ0v) is 18.6. The predicted octanol–water partition coefficient (Wildman–Crippen LogP) is 5.87. The van der Waals surface area contributed by atoms with Crippen LogP contribution in [0.25, 0.3) is 16.9 Å². The van der Waals surface area contributed by atoms with Crippen molar-refractivity contribution < 1.29 is 9.53 Å². The molecule has 0 spiro atoms. The second kappa shape index (κ2) is 7.91. The highest BCUT2D eigenvalue weighted by Crippen LogP contribution is 2.31. The first-order chi connectivity index (χ1) is 14.7. The summed E-state index contributed by atoms with van der Waals surface area (Å²) in [5.41, 5.74) is 6.21. The number of amides is 1. The zero-order chi connectivity index (χ0) is 22.2. The number of rotatable bonds is 4. The first kappa shape index (κ1) is 20.7. The number of fused-ring (bicyclic) bond motifs is 1. The van der Waals surface area contributed by atoms with Crippen molar-refractivity contribution in [3.63, 3.8) is 0 Å². The van der Waals surface area contributed by atoms with Crippen molar-refractivity contribution in [2.24, 2.45) is 0 Å². The van der Waals surface area contributed by atoms with Gasteiger partial charge in [0.25, 0.3) is 5.91 Å². The van der Waals surface area contributed by atoms with Crippen molar-refractivity contribution in [2.45, 2.75) is 33.1 Å². The van der Waals surface area contributed by atoms with Crippen LogP contribution in [0.15, 0.2) is 67.0 Å². The standard InChI is InChI=1S/C26H27N3O2/c1-17-12-13-29-16-22(27-24(29)14-17)19-8-11-23(31-5)21(15-19)28-25(30)18-6-9-20(10-7-18)26(2,3)4/h6-16H,1-5H3,(H,28,30). The van der Waals surface area contributed by atoms with Gasteiger partial charge in [0.2, 0.25) is 0 Å². The van der Waals surface area contributed by atoms with E-state index in [1.165, 1.54) is 5.56 Å². The molecule has 2 aromatic carbocycles. The lowest BCUT2D eigenvalue weighted by Crippen LogP contribution is -2.14. The van der Waals surface area contributed by atoms with Gasteiger partial charge in [0.1, 0.15) is 11.4 Å². The lowest BCUT2D eigenvalue weighted by molar-refractivity contribution is 0.102. The fourth-order valence-electron chi connectivity index (χ4n) is 3.50. The van der Waals surface area contributed by atoms with Crippen molar-refractivity contribution in [1.82, 2.24) is 9.38 Å². The number of hydrogen-bond donors (Lipinski definition) is 1. The maximum Gasteiger partial charge on any atom is 0.255 e. The monoisotopic (exact) mass is 413 g/mol. The Morgan fingerprint density at radius 2 is 1.77 bits per heavy atom. The summed E-state index contributed by atoms with van der Waals surface area (Å²) in [5, 5.41) is 2.99. The van der Waals surface area contributed by atoms with Gasteiger partial charge in [-0.05, 0) is 65.9 Å². The Balaban J connectivity index is 1.63. The van der Waals surface area contributed by atoms with Crippen LogP contribution in [0.4, 0.5) is 5.69 Å². The quantitative estimate of drug-likeness (QED) is 0.455. The molecule has 0 aliphatic carbocycles. The van der Waals surface area contributed by atoms with Gasteiger partial charge in [-0.1, -0.05) is 32.9 Å². The number of aryl methyl sites for hydroxylation is 1. The van der Waals surface area contributed by atoms with Crippen LogP contribution in [0.1, 0.15) is 42.3 Å². The fraction of sp³-hybridized carbons (Fsp3) is 0.231. The number of ether oxygens (including phenoxy) is 1. The number of methoxy groups -OCH3 is 1. The molecule has 158 valence electrons. The van der Waals surface area contributed by atoms with E-state index in [1.807, 2.05) is 78.3 Å². The van der Waals surface area contributed by atoms with E-state index in [9.17, 15) is 4.79 Å². The molecular weight excluding hydrogens is 386 g/mol. The molecule has 0 saturated heterocycles. The lowest BCUT2D eigenvalue weighted by atomic mass is 9.87. The van der Waals surface area contributed by atoms with Crippen molar-refractivity contribution in [3.05, 3.63) is 83.7 Å². The molecule has 0 unspecified atom stereocenters. The van der Waals surface area contributed by atoms with Crippen LogP contribution in [0.5, 0.6) is 5.75 Å². The van der Waals surface area contributed by atoms with E-state index < -0.39 is 0 Å². The van der Waals surface area contributed by atoms with Crippen LogP contribution in [0.3, 0.4) is 0 Å². The maximum atomic E-state index is 12.9. The summed E-state index contributed by atoms with van der Waals surface area (Å²) >= 11 is 0. The van der Waals surface area contributed by atoms with Crippen molar-refractivity contribution >= 4 is 17.2 Å². The van der Waals surface area contributed by atoms with Gasteiger partial charge >= 0.3 is 0 Å². The molecule has 0 fully saturated rings. The number of hydrogen-bond acceptors (Lipinski definition) is 3. The van der Waals surface area contributed by atoms with E-state index in [1.54, 1.807) is 7.11 Å². The van der Waals surface area contributed by atoms with Crippen molar-refractivity contribution in [1.29, 1.82) is 0 Å². The lowest BCUT2D eigenvalue weighted by Gasteiger charge is -2.19. The van der Waals surface area contributed by atoms with Gasteiger partial charge in [-0.2, -0.15) is 0 Å². The molecule has 0 atom stereocenters. The van der Waals surface area contributed by atoms with E-state index in [-0.39, 0.29) is 11.3 Å². The Labute approximate surface area is 182 Å². The summed E-state index contributed by atoms with van der Waals surface area (Å²) in [6, 6.07) is 17.5. The average Bonchev–Trinajstić information content (AvgIpc) is 3.16. The first-order valence-corrected chi connectivity index (χ1v) is 10.3. The Morgan fingerprint density at radius 3 is 2.45 bits per heavy atom. The van der Waals surface area contributed by atoms with Gasteiger partial charge in [0.05, 0.1) is 18.5 Å². The van der Waals surface area contributed by atoms with Gasteiger partial charge in [-0.3, -0.25) is 4.79 Å². The first-order valence-electron chi connectivity index (χ1n) is 10.3. The average molecular weight is 414 g/mol. The number of carbonyl (C=O) groups excluding carboxylic acids is 1. The number of imidazole rings is 1. The zero-order valence-electron chi connectivity index (χ0n) is 18.6. The fourth-order valence-corrected chi connectivity index (χ4v) is 3.50. The second-order valence-corrected chi connectivity index (χ2v) is 8.79. The molecule has 1 amide bonds. The van der Waals surface area contributed by atoms with Gasteiger partial charge < -0.3 is 14.5 Å². The molecule has 31 heavy (non-hydrogen) atoms. The second-order valence-electron chi connectivity index (χ2n) is 8.79. The summed E-state index contributed by atoms with van der Waals surface area (Å²) in [5.74, 6) is 0.421. The molecule has 2 aromatic heterocycles. The number of nitrogens with one attached hydrogen (secondary N) is 1. The van der Waals surface area contributed by atoms with E-state index in [2.05, 4.69) is 26.1 Å². The van der Waals surface area contributed by atoms with E-state index in [0.29, 0.717) is 17.0 Å². The van der Waals surface area contributed by atoms with Gasteiger partial charge in [0.15, 0.2) is 0 Å². The SMILES string of the molecule is COc1ccc(-c2cn3ccc(C)cc3n2)cc1NC(=O)c1ccc(C(C)(C)C)cc1. The van der Waals surface area contributed by atoms with E-state index >= 15 is 0 Å². The normalized spacial score (nSPS) is 11.5. The smallest absolute Gasteiger partial charge is 0.255 e. The van der Waals surface area contributed by atoms with Gasteiger partial charge in [-0.15, -0.1) is 0 Å². The van der Waals surface area contributed by atoms with Crippen LogP contribution in [0, 0.1) is 6.92 Å². The third-order valence-electron chi connectivity index (χ3n) is 5.37. The molecule has 0 saturated carbocycles. The van der Waals surface area contributed by atoms with Crippen LogP contribution in [-0.4, -0.2) is 22.4 Å². The van der Waals surface area contributed by atoms with Crippen LogP contribution in [-0.2, 0) is 5.41 Å².